The lowest BCUT2D eigenvalue weighted by molar-refractivity contribution is -0.384. The molecule has 3 aromatic rings. The Morgan fingerprint density at radius 3 is 2.31 bits per heavy atom. The minimum Gasteiger partial charge on any atom is -0.490 e. The highest BCUT2D eigenvalue weighted by Crippen LogP contribution is 2.44. The average Bonchev–Trinajstić information content (AvgIpc) is 2.90. The summed E-state index contributed by atoms with van der Waals surface area (Å²) in [7, 11) is 0. The molecule has 2 saturated carbocycles. The van der Waals surface area contributed by atoms with Crippen molar-refractivity contribution in [2.24, 2.45) is 0 Å². The molecule has 3 aromatic carbocycles. The predicted octanol–water partition coefficient (Wildman–Crippen LogP) is 7.34. The van der Waals surface area contributed by atoms with Crippen LogP contribution in [0, 0.1) is 10.1 Å². The van der Waals surface area contributed by atoms with E-state index in [2.05, 4.69) is 30.3 Å². The van der Waals surface area contributed by atoms with Gasteiger partial charge >= 0.3 is 5.97 Å². The minimum atomic E-state index is -0.472. The molecular weight excluding hydrogens is 442 g/mol. The number of hydrogen-bond donors (Lipinski definition) is 0. The number of ether oxygens (including phenoxy) is 2. The van der Waals surface area contributed by atoms with E-state index < -0.39 is 10.9 Å². The second-order valence-electron chi connectivity index (χ2n) is 9.72. The number of nitro groups is 1. The van der Waals surface area contributed by atoms with Crippen molar-refractivity contribution in [3.63, 3.8) is 0 Å². The monoisotopic (exact) mass is 473 g/mol. The Bertz CT molecular complexity index is 1200. The number of nitro benzene ring substituents is 1. The zero-order valence-electron chi connectivity index (χ0n) is 19.9. The molecule has 2 fully saturated rings. The number of fused-ring (bicyclic) bond motifs is 1. The third-order valence-corrected chi connectivity index (χ3v) is 7.42. The van der Waals surface area contributed by atoms with Crippen LogP contribution in [-0.4, -0.2) is 23.1 Å². The standard InChI is InChI=1S/C29H31NO5/c31-29(21-14-17-22(18-15-21)30(32)33)35-26-13-7-6-12-25(26)28-24-11-5-4-8-20(24)16-19-27(28)34-23-9-2-1-3-10-23/h4-5,8,11,14-19,23,25-26H,1-3,6-7,9-10,12-13H2/t25-,26+/m1/s1. The van der Waals surface area contributed by atoms with E-state index >= 15 is 0 Å². The van der Waals surface area contributed by atoms with Gasteiger partial charge in [-0.3, -0.25) is 10.1 Å². The Hall–Kier alpha value is -3.41. The van der Waals surface area contributed by atoms with Gasteiger partial charge in [0.1, 0.15) is 11.9 Å². The summed E-state index contributed by atoms with van der Waals surface area (Å²) in [5.74, 6) is 0.515. The first-order chi connectivity index (χ1) is 17.1. The number of esters is 1. The molecule has 0 saturated heterocycles. The molecule has 0 amide bonds. The van der Waals surface area contributed by atoms with E-state index in [9.17, 15) is 14.9 Å². The van der Waals surface area contributed by atoms with Gasteiger partial charge < -0.3 is 9.47 Å². The molecule has 182 valence electrons. The Morgan fingerprint density at radius 1 is 0.829 bits per heavy atom. The van der Waals surface area contributed by atoms with Crippen LogP contribution in [0.1, 0.15) is 79.6 Å². The molecule has 0 spiro atoms. The lowest BCUT2D eigenvalue weighted by atomic mass is 9.79. The van der Waals surface area contributed by atoms with Gasteiger partial charge in [-0.2, -0.15) is 0 Å². The second kappa shape index (κ2) is 10.5. The van der Waals surface area contributed by atoms with Crippen molar-refractivity contribution in [1.82, 2.24) is 0 Å². The van der Waals surface area contributed by atoms with E-state index in [1.165, 1.54) is 43.5 Å². The van der Waals surface area contributed by atoms with Crippen molar-refractivity contribution in [3.05, 3.63) is 81.9 Å². The average molecular weight is 474 g/mol. The quantitative estimate of drug-likeness (QED) is 0.213. The molecular formula is C29H31NO5. The van der Waals surface area contributed by atoms with Crippen LogP contribution < -0.4 is 4.74 Å². The maximum atomic E-state index is 13.0. The Morgan fingerprint density at radius 2 is 1.54 bits per heavy atom. The summed E-state index contributed by atoms with van der Waals surface area (Å²) in [4.78, 5) is 23.5. The van der Waals surface area contributed by atoms with E-state index in [-0.39, 0.29) is 23.8 Å². The van der Waals surface area contributed by atoms with Crippen molar-refractivity contribution in [1.29, 1.82) is 0 Å². The minimum absolute atomic E-state index is 0.0374. The molecule has 5 rings (SSSR count). The lowest BCUT2D eigenvalue weighted by Gasteiger charge is -2.34. The maximum absolute atomic E-state index is 13.0. The van der Waals surface area contributed by atoms with E-state index in [0.717, 1.165) is 60.6 Å². The normalized spacial score (nSPS) is 20.9. The van der Waals surface area contributed by atoms with Crippen molar-refractivity contribution in [2.75, 3.05) is 0 Å². The number of carbonyl (C=O) groups is 1. The van der Waals surface area contributed by atoms with Gasteiger partial charge in [0.15, 0.2) is 0 Å². The number of rotatable bonds is 6. The van der Waals surface area contributed by atoms with Gasteiger partial charge in [-0.15, -0.1) is 0 Å². The summed E-state index contributed by atoms with van der Waals surface area (Å²) >= 11 is 0. The molecule has 0 heterocycles. The van der Waals surface area contributed by atoms with Crippen molar-refractivity contribution >= 4 is 22.4 Å². The highest BCUT2D eigenvalue weighted by molar-refractivity contribution is 5.90. The van der Waals surface area contributed by atoms with Crippen LogP contribution in [0.5, 0.6) is 5.75 Å². The topological polar surface area (TPSA) is 78.7 Å². The van der Waals surface area contributed by atoms with Gasteiger partial charge in [-0.25, -0.2) is 4.79 Å². The molecule has 0 unspecified atom stereocenters. The van der Waals surface area contributed by atoms with Crippen molar-refractivity contribution in [2.45, 2.75) is 75.9 Å². The molecule has 0 aliphatic heterocycles. The van der Waals surface area contributed by atoms with Crippen LogP contribution in [0.3, 0.4) is 0 Å². The molecule has 0 radical (unpaired) electrons. The van der Waals surface area contributed by atoms with Crippen LogP contribution in [0.4, 0.5) is 5.69 Å². The van der Waals surface area contributed by atoms with Crippen molar-refractivity contribution < 1.29 is 19.2 Å². The number of benzene rings is 3. The molecule has 6 nitrogen and oxygen atoms in total. The van der Waals surface area contributed by atoms with E-state index in [0.29, 0.717) is 5.56 Å². The zero-order chi connectivity index (χ0) is 24.2. The Labute approximate surface area is 205 Å². The summed E-state index contributed by atoms with van der Waals surface area (Å²) in [5.41, 5.74) is 1.43. The summed E-state index contributed by atoms with van der Waals surface area (Å²) in [6.45, 7) is 0. The highest BCUT2D eigenvalue weighted by atomic mass is 16.6. The molecule has 6 heteroatoms. The Kier molecular flexibility index (Phi) is 6.98. The van der Waals surface area contributed by atoms with Gasteiger partial charge in [0.05, 0.1) is 16.6 Å². The van der Waals surface area contributed by atoms with Gasteiger partial charge in [-0.05, 0) is 73.9 Å². The summed E-state index contributed by atoms with van der Waals surface area (Å²) in [5, 5.41) is 13.3. The number of non-ortho nitro benzene ring substituents is 1. The van der Waals surface area contributed by atoms with Crippen LogP contribution in [0.15, 0.2) is 60.7 Å². The van der Waals surface area contributed by atoms with Gasteiger partial charge in [0.2, 0.25) is 0 Å². The number of nitrogens with zero attached hydrogens (tertiary/aromatic N) is 1. The summed E-state index contributed by atoms with van der Waals surface area (Å²) in [6.07, 6.45) is 9.57. The smallest absolute Gasteiger partial charge is 0.338 e. The molecule has 2 aliphatic carbocycles. The SMILES string of the molecule is O=C(O[C@H]1CCCC[C@H]1c1c(OC2CCCCC2)ccc2ccccc12)c1ccc([N+](=O)[O-])cc1. The van der Waals surface area contributed by atoms with Crippen LogP contribution >= 0.6 is 0 Å². The first-order valence-electron chi connectivity index (χ1n) is 12.7. The van der Waals surface area contributed by atoms with Gasteiger partial charge in [0.25, 0.3) is 5.69 Å². The fourth-order valence-electron chi connectivity index (χ4n) is 5.62. The summed E-state index contributed by atoms with van der Waals surface area (Å²) in [6, 6.07) is 18.2. The van der Waals surface area contributed by atoms with Crippen LogP contribution in [0.2, 0.25) is 0 Å². The Balaban J connectivity index is 1.46. The number of hydrogen-bond acceptors (Lipinski definition) is 5. The van der Waals surface area contributed by atoms with Crippen LogP contribution in [-0.2, 0) is 4.74 Å². The summed E-state index contributed by atoms with van der Waals surface area (Å²) < 4.78 is 12.7. The molecule has 0 bridgehead atoms. The fourth-order valence-corrected chi connectivity index (χ4v) is 5.62. The largest absolute Gasteiger partial charge is 0.490 e. The van der Waals surface area contributed by atoms with Crippen molar-refractivity contribution in [3.8, 4) is 5.75 Å². The molecule has 2 atom stereocenters. The predicted molar refractivity (Wildman–Crippen MR) is 135 cm³/mol. The highest BCUT2D eigenvalue weighted by Gasteiger charge is 2.34. The third-order valence-electron chi connectivity index (χ3n) is 7.42. The first-order valence-corrected chi connectivity index (χ1v) is 12.7. The van der Waals surface area contributed by atoms with E-state index in [1.54, 1.807) is 0 Å². The molecule has 35 heavy (non-hydrogen) atoms. The lowest BCUT2D eigenvalue weighted by Crippen LogP contribution is -2.30. The van der Waals surface area contributed by atoms with E-state index in [4.69, 9.17) is 9.47 Å². The fraction of sp³-hybridized carbons (Fsp3) is 0.414. The molecule has 0 aromatic heterocycles. The molecule has 2 aliphatic rings. The molecule has 0 N–H and O–H groups in total. The number of carbonyl (C=O) groups excluding carboxylic acids is 1. The zero-order valence-corrected chi connectivity index (χ0v) is 19.9. The first kappa shape index (κ1) is 23.3. The van der Waals surface area contributed by atoms with E-state index in [1.807, 2.05) is 6.07 Å². The van der Waals surface area contributed by atoms with Gasteiger partial charge in [0, 0.05) is 23.6 Å². The third kappa shape index (κ3) is 5.16. The maximum Gasteiger partial charge on any atom is 0.338 e. The van der Waals surface area contributed by atoms with Gasteiger partial charge in [-0.1, -0.05) is 43.2 Å². The van der Waals surface area contributed by atoms with Crippen LogP contribution in [0.25, 0.3) is 10.8 Å². The second-order valence-corrected chi connectivity index (χ2v) is 9.72.